The van der Waals surface area contributed by atoms with Gasteiger partial charge in [0.25, 0.3) is 11.8 Å². The van der Waals surface area contributed by atoms with Crippen LogP contribution in [0.2, 0.25) is 26.2 Å². The van der Waals surface area contributed by atoms with Gasteiger partial charge in [0, 0.05) is 24.2 Å². The van der Waals surface area contributed by atoms with E-state index in [1.807, 2.05) is 9.80 Å². The Morgan fingerprint density at radius 2 is 0.717 bits per heavy atom. The van der Waals surface area contributed by atoms with Crippen molar-refractivity contribution in [3.63, 3.8) is 0 Å². The van der Waals surface area contributed by atoms with E-state index in [-0.39, 0.29) is 47.1 Å². The molecule has 2 atom stereocenters. The predicted molar refractivity (Wildman–Crippen MR) is 203 cm³/mol. The number of hydrogen-bond donors (Lipinski definition) is 0. The molecule has 0 aliphatic carbocycles. The average Bonchev–Trinajstić information content (AvgIpc) is 2.99. The van der Waals surface area contributed by atoms with Crippen molar-refractivity contribution >= 4 is 38.3 Å². The molecule has 0 bridgehead atoms. The molecule has 6 heteroatoms. The molecule has 0 radical (unpaired) electrons. The maximum atomic E-state index is 15.2. The highest BCUT2D eigenvalue weighted by Gasteiger charge is 2.42. The number of carbonyl (C=O) groups excluding carboxylic acids is 2. The summed E-state index contributed by atoms with van der Waals surface area (Å²) in [5.41, 5.74) is 3.43. The van der Waals surface area contributed by atoms with Gasteiger partial charge in [0.05, 0.1) is 27.3 Å². The van der Waals surface area contributed by atoms with Gasteiger partial charge in [-0.15, -0.1) is 0 Å². The number of carbonyl (C=O) groups is 2. The van der Waals surface area contributed by atoms with Gasteiger partial charge in [0.15, 0.2) is 0 Å². The third kappa shape index (κ3) is 7.44. The zero-order valence-electron chi connectivity index (χ0n) is 31.1. The summed E-state index contributed by atoms with van der Waals surface area (Å²) in [5, 5.41) is 2.69. The van der Waals surface area contributed by atoms with E-state index in [0.717, 1.165) is 11.1 Å². The fourth-order valence-corrected chi connectivity index (χ4v) is 12.4. The van der Waals surface area contributed by atoms with E-state index in [9.17, 15) is 0 Å². The summed E-state index contributed by atoms with van der Waals surface area (Å²) in [6, 6.07) is 25.9. The molecule has 0 spiro atoms. The van der Waals surface area contributed by atoms with Crippen LogP contribution in [0, 0.1) is 0 Å². The van der Waals surface area contributed by atoms with Gasteiger partial charge in [0.1, 0.15) is 0 Å². The van der Waals surface area contributed by atoms with E-state index >= 15 is 9.59 Å². The van der Waals surface area contributed by atoms with Gasteiger partial charge in [-0.2, -0.15) is 0 Å². The molecule has 0 saturated carbocycles. The lowest BCUT2D eigenvalue weighted by atomic mass is 9.89. The lowest BCUT2D eigenvalue weighted by molar-refractivity contribution is 0.0598. The summed E-state index contributed by atoms with van der Waals surface area (Å²) in [6.45, 7) is 30.8. The number of rotatable bonds is 12. The maximum Gasteiger partial charge on any atom is 0.255 e. The smallest absolute Gasteiger partial charge is 0.255 e. The maximum absolute atomic E-state index is 15.2. The van der Waals surface area contributed by atoms with Crippen molar-refractivity contribution in [2.24, 2.45) is 0 Å². The van der Waals surface area contributed by atoms with Crippen LogP contribution in [0.15, 0.2) is 72.8 Å². The summed E-state index contributed by atoms with van der Waals surface area (Å²) in [4.78, 5) is 34.3. The normalized spacial score (nSPS) is 13.8. The van der Waals surface area contributed by atoms with E-state index < -0.39 is 16.1 Å². The first-order chi connectivity index (χ1) is 21.4. The highest BCUT2D eigenvalue weighted by Crippen LogP contribution is 2.39. The Bertz CT molecular complexity index is 1350. The van der Waals surface area contributed by atoms with Gasteiger partial charge in [0.2, 0.25) is 0 Å². The number of nitrogens with zero attached hydrogens (tertiary/aromatic N) is 2. The van der Waals surface area contributed by atoms with Crippen LogP contribution in [0.1, 0.15) is 112 Å². The van der Waals surface area contributed by atoms with Gasteiger partial charge in [-0.1, -0.05) is 123 Å². The fourth-order valence-electron chi connectivity index (χ4n) is 7.22. The third-order valence-electron chi connectivity index (χ3n) is 10.5. The topological polar surface area (TPSA) is 40.6 Å². The van der Waals surface area contributed by atoms with Crippen molar-refractivity contribution in [2.75, 3.05) is 0 Å². The van der Waals surface area contributed by atoms with Crippen LogP contribution in [0.3, 0.4) is 0 Å². The Labute approximate surface area is 282 Å². The van der Waals surface area contributed by atoms with Crippen LogP contribution in [0.4, 0.5) is 0 Å². The first kappa shape index (κ1) is 37.5. The number of benzene rings is 3. The molecule has 4 nitrogen and oxygen atoms in total. The van der Waals surface area contributed by atoms with Crippen LogP contribution in [0.5, 0.6) is 0 Å². The van der Waals surface area contributed by atoms with Crippen LogP contribution in [0.25, 0.3) is 0 Å². The number of hydrogen-bond acceptors (Lipinski definition) is 2. The average molecular weight is 657 g/mol. The SMILES string of the molecule is CC(C)N(C(=O)c1c([C@H](C)[Si](C)(C)c2ccccc2)ccc([C@H](C)[Si](C)(C)c2ccccc2)c1C(=O)N(C(C)C)C(C)C)C(C)C. The lowest BCUT2D eigenvalue weighted by Crippen LogP contribution is -2.50. The molecule has 2 amide bonds. The van der Waals surface area contributed by atoms with Gasteiger partial charge < -0.3 is 9.80 Å². The van der Waals surface area contributed by atoms with Gasteiger partial charge >= 0.3 is 0 Å². The monoisotopic (exact) mass is 656 g/mol. The van der Waals surface area contributed by atoms with Crippen LogP contribution >= 0.6 is 0 Å². The van der Waals surface area contributed by atoms with Crippen LogP contribution in [-0.4, -0.2) is 61.9 Å². The Kier molecular flexibility index (Phi) is 12.1. The predicted octanol–water partition coefficient (Wildman–Crippen LogP) is 8.72. The van der Waals surface area contributed by atoms with E-state index in [4.69, 9.17) is 0 Å². The van der Waals surface area contributed by atoms with Crippen LogP contribution in [-0.2, 0) is 0 Å². The molecule has 0 heterocycles. The number of amides is 2. The van der Waals surface area contributed by atoms with Crippen molar-refractivity contribution < 1.29 is 9.59 Å². The highest BCUT2D eigenvalue weighted by atomic mass is 28.3. The Hall–Kier alpha value is -2.97. The molecule has 0 saturated heterocycles. The zero-order valence-corrected chi connectivity index (χ0v) is 33.1. The molecule has 250 valence electrons. The standard InChI is InChI=1S/C40H60N2O2Si2/c1-27(2)41(28(3)4)39(43)37-35(31(9)45(11,12)33-21-17-15-18-22-33)25-26-36(38(37)40(44)42(29(5)6)30(7)8)32(10)46(13,14)34-23-19-16-20-24-34/h15-32H,1-14H3/t31-,32-/m0/s1. The fraction of sp³-hybridized carbons (Fsp3) is 0.500. The zero-order chi connectivity index (χ0) is 34.7. The second kappa shape index (κ2) is 14.9. The largest absolute Gasteiger partial charge is 0.334 e. The molecule has 3 aromatic carbocycles. The van der Waals surface area contributed by atoms with E-state index in [2.05, 4.69) is 168 Å². The van der Waals surface area contributed by atoms with Crippen molar-refractivity contribution in [2.45, 2.75) is 131 Å². The quantitative estimate of drug-likeness (QED) is 0.183. The minimum Gasteiger partial charge on any atom is -0.334 e. The van der Waals surface area contributed by atoms with Crippen molar-refractivity contribution in [1.82, 2.24) is 9.80 Å². The Balaban J connectivity index is 2.51. The molecule has 3 aromatic rings. The first-order valence-electron chi connectivity index (χ1n) is 17.3. The van der Waals surface area contributed by atoms with Crippen molar-refractivity contribution in [3.05, 3.63) is 95.1 Å². The molecule has 0 unspecified atom stereocenters. The molecule has 0 aliphatic heterocycles. The van der Waals surface area contributed by atoms with E-state index in [1.54, 1.807) is 0 Å². The van der Waals surface area contributed by atoms with E-state index in [0.29, 0.717) is 11.1 Å². The van der Waals surface area contributed by atoms with Crippen molar-refractivity contribution in [1.29, 1.82) is 0 Å². The van der Waals surface area contributed by atoms with Gasteiger partial charge in [-0.3, -0.25) is 9.59 Å². The molecule has 0 aromatic heterocycles. The van der Waals surface area contributed by atoms with Gasteiger partial charge in [-0.05, 0) is 77.6 Å². The molecular weight excluding hydrogens is 597 g/mol. The molecule has 0 N–H and O–H groups in total. The molecule has 0 aliphatic rings. The minimum atomic E-state index is -2.14. The summed E-state index contributed by atoms with van der Waals surface area (Å²) in [6.07, 6.45) is 0. The molecule has 3 rings (SSSR count). The molecule has 0 fully saturated rings. The Morgan fingerprint density at radius 1 is 0.457 bits per heavy atom. The minimum absolute atomic E-state index is 0.0134. The second-order valence-electron chi connectivity index (χ2n) is 15.4. The van der Waals surface area contributed by atoms with Crippen molar-refractivity contribution in [3.8, 4) is 0 Å². The second-order valence-corrected chi connectivity index (χ2v) is 25.2. The molecular formula is C40H60N2O2Si2. The Morgan fingerprint density at radius 3 is 0.957 bits per heavy atom. The summed E-state index contributed by atoms with van der Waals surface area (Å²) in [5.74, 6) is -0.0671. The lowest BCUT2D eigenvalue weighted by Gasteiger charge is -2.39. The van der Waals surface area contributed by atoms with Crippen LogP contribution < -0.4 is 10.4 Å². The first-order valence-corrected chi connectivity index (χ1v) is 23.5. The van der Waals surface area contributed by atoms with E-state index in [1.165, 1.54) is 10.4 Å². The van der Waals surface area contributed by atoms with Gasteiger partial charge in [-0.25, -0.2) is 0 Å². The summed E-state index contributed by atoms with van der Waals surface area (Å²) < 4.78 is 0. The highest BCUT2D eigenvalue weighted by molar-refractivity contribution is 6.91. The summed E-state index contributed by atoms with van der Waals surface area (Å²) >= 11 is 0. The molecule has 46 heavy (non-hydrogen) atoms. The third-order valence-corrected chi connectivity index (χ3v) is 19.1. The summed E-state index contributed by atoms with van der Waals surface area (Å²) in [7, 11) is -4.28.